The quantitative estimate of drug-likeness (QED) is 0.497. The maximum absolute atomic E-state index is 12.2. The van der Waals surface area contributed by atoms with Gasteiger partial charge in [-0.2, -0.15) is 0 Å². The Morgan fingerprint density at radius 3 is 2.30 bits per heavy atom. The van der Waals surface area contributed by atoms with Gasteiger partial charge in [-0.25, -0.2) is 9.97 Å². The zero-order valence-corrected chi connectivity index (χ0v) is 19.0. The number of carbonyl (C=O) groups is 1. The second kappa shape index (κ2) is 15.6. The monoisotopic (exact) mass is 411 g/mol. The summed E-state index contributed by atoms with van der Waals surface area (Å²) in [6.07, 6.45) is 5.48. The van der Waals surface area contributed by atoms with Gasteiger partial charge in [0.25, 0.3) is 5.56 Å². The number of rotatable bonds is 2. The highest BCUT2D eigenvalue weighted by Gasteiger charge is 2.08. The molecule has 0 aliphatic carbocycles. The first-order valence-electron chi connectivity index (χ1n) is 9.83. The van der Waals surface area contributed by atoms with Gasteiger partial charge in [0.1, 0.15) is 12.1 Å². The van der Waals surface area contributed by atoms with E-state index in [0.29, 0.717) is 11.5 Å². The lowest BCUT2D eigenvalue weighted by molar-refractivity contribution is -0.106. The average molecular weight is 412 g/mol. The van der Waals surface area contributed by atoms with Crippen molar-refractivity contribution in [2.45, 2.75) is 41.0 Å². The van der Waals surface area contributed by atoms with Gasteiger partial charge in [0.2, 0.25) is 0 Å². The second-order valence-corrected chi connectivity index (χ2v) is 5.96. The molecule has 0 bridgehead atoms. The molecule has 0 amide bonds. The fourth-order valence-electron chi connectivity index (χ4n) is 2.15. The standard InChI is InChI=1S/C15H14N4O.C3H7N.C3H8.C2H4O/c1-10-17-9-11-6-7-14(20)19(15(11)18-10)13-5-3-4-12(8-13)16-2;1-3-4-2;1-3-2;1-2-3/h3-9,16H,1-2H3;3H,1-2H3;3H2,1-2H3;2H,1H3. The van der Waals surface area contributed by atoms with E-state index < -0.39 is 0 Å². The lowest BCUT2D eigenvalue weighted by Gasteiger charge is -2.10. The van der Waals surface area contributed by atoms with Crippen LogP contribution in [0.25, 0.3) is 16.7 Å². The molecule has 0 radical (unpaired) electrons. The van der Waals surface area contributed by atoms with Crippen molar-refractivity contribution in [3.63, 3.8) is 0 Å². The summed E-state index contributed by atoms with van der Waals surface area (Å²) < 4.78 is 1.60. The van der Waals surface area contributed by atoms with Gasteiger partial charge in [0, 0.05) is 37.4 Å². The van der Waals surface area contributed by atoms with Crippen LogP contribution in [0.3, 0.4) is 0 Å². The number of fused-ring (bicyclic) bond motifs is 1. The maximum atomic E-state index is 12.2. The van der Waals surface area contributed by atoms with Gasteiger partial charge in [0.05, 0.1) is 5.69 Å². The van der Waals surface area contributed by atoms with Crippen LogP contribution in [-0.2, 0) is 4.79 Å². The molecular weight excluding hydrogens is 378 g/mol. The predicted octanol–water partition coefficient (Wildman–Crippen LogP) is 4.46. The first-order valence-corrected chi connectivity index (χ1v) is 9.83. The van der Waals surface area contributed by atoms with Crippen LogP contribution in [0.5, 0.6) is 0 Å². The molecule has 3 rings (SSSR count). The Kier molecular flexibility index (Phi) is 13.8. The van der Waals surface area contributed by atoms with E-state index in [-0.39, 0.29) is 5.56 Å². The zero-order valence-electron chi connectivity index (χ0n) is 19.0. The third-order valence-corrected chi connectivity index (χ3v) is 3.41. The SMILES string of the molecule is CC=NC.CC=O.CCC.CNc1cccc(-n2c(=O)ccc3cnc(C)nc32)c1. The van der Waals surface area contributed by atoms with Crippen LogP contribution in [-0.4, -0.2) is 41.1 Å². The van der Waals surface area contributed by atoms with Crippen LogP contribution in [0.2, 0.25) is 0 Å². The number of benzene rings is 1. The van der Waals surface area contributed by atoms with Crippen molar-refractivity contribution < 1.29 is 4.79 Å². The highest BCUT2D eigenvalue weighted by atomic mass is 16.1. The Hall–Kier alpha value is -3.35. The molecule has 0 aliphatic heterocycles. The van der Waals surface area contributed by atoms with Crippen molar-refractivity contribution in [2.75, 3.05) is 19.4 Å². The van der Waals surface area contributed by atoms with Gasteiger partial charge in [0.15, 0.2) is 5.65 Å². The molecule has 7 nitrogen and oxygen atoms in total. The summed E-state index contributed by atoms with van der Waals surface area (Å²) in [5, 5.41) is 3.91. The van der Waals surface area contributed by atoms with Gasteiger partial charge in [-0.3, -0.25) is 9.36 Å². The van der Waals surface area contributed by atoms with Gasteiger partial charge in [-0.05, 0) is 51.3 Å². The highest BCUT2D eigenvalue weighted by Crippen LogP contribution is 2.17. The van der Waals surface area contributed by atoms with E-state index in [2.05, 4.69) is 34.1 Å². The average Bonchev–Trinajstić information content (AvgIpc) is 2.75. The molecule has 162 valence electrons. The van der Waals surface area contributed by atoms with Crippen molar-refractivity contribution in [2.24, 2.45) is 4.99 Å². The Bertz CT molecular complexity index is 977. The van der Waals surface area contributed by atoms with Crippen molar-refractivity contribution >= 4 is 29.2 Å². The van der Waals surface area contributed by atoms with E-state index in [1.165, 1.54) is 19.4 Å². The minimum Gasteiger partial charge on any atom is -0.388 e. The predicted molar refractivity (Wildman–Crippen MR) is 127 cm³/mol. The summed E-state index contributed by atoms with van der Waals surface area (Å²) in [4.78, 5) is 33.2. The van der Waals surface area contributed by atoms with E-state index >= 15 is 0 Å². The van der Waals surface area contributed by atoms with Crippen molar-refractivity contribution in [1.82, 2.24) is 14.5 Å². The maximum Gasteiger partial charge on any atom is 0.256 e. The molecule has 0 saturated heterocycles. The number of aryl methyl sites for hydroxylation is 1. The highest BCUT2D eigenvalue weighted by molar-refractivity contribution is 5.76. The fraction of sp³-hybridized carbons (Fsp3) is 0.348. The van der Waals surface area contributed by atoms with Crippen LogP contribution in [0, 0.1) is 6.92 Å². The number of pyridine rings is 1. The number of hydrogen-bond donors (Lipinski definition) is 1. The van der Waals surface area contributed by atoms with Gasteiger partial charge in [-0.1, -0.05) is 26.3 Å². The number of aromatic nitrogens is 3. The van der Waals surface area contributed by atoms with Crippen LogP contribution >= 0.6 is 0 Å². The number of nitrogens with zero attached hydrogens (tertiary/aromatic N) is 4. The lowest BCUT2D eigenvalue weighted by Crippen LogP contribution is -2.18. The topological polar surface area (TPSA) is 89.2 Å². The molecule has 2 heterocycles. The Balaban J connectivity index is 0.000000714. The Labute approximate surface area is 178 Å². The minimum absolute atomic E-state index is 0.108. The van der Waals surface area contributed by atoms with E-state index in [9.17, 15) is 4.79 Å². The number of hydrogen-bond acceptors (Lipinski definition) is 6. The first kappa shape index (κ1) is 26.6. The molecular formula is C23H33N5O2. The van der Waals surface area contributed by atoms with Crippen LogP contribution in [0.4, 0.5) is 5.69 Å². The third kappa shape index (κ3) is 8.77. The summed E-state index contributed by atoms with van der Waals surface area (Å²) in [5.74, 6) is 0.640. The molecule has 0 saturated carbocycles. The fourth-order valence-corrected chi connectivity index (χ4v) is 2.15. The first-order chi connectivity index (χ1) is 14.4. The smallest absolute Gasteiger partial charge is 0.256 e. The minimum atomic E-state index is -0.108. The molecule has 2 aromatic heterocycles. The van der Waals surface area contributed by atoms with Crippen LogP contribution < -0.4 is 10.9 Å². The molecule has 1 N–H and O–H groups in total. The van der Waals surface area contributed by atoms with Gasteiger partial charge < -0.3 is 15.1 Å². The number of anilines is 1. The third-order valence-electron chi connectivity index (χ3n) is 3.41. The van der Waals surface area contributed by atoms with E-state index in [1.807, 2.05) is 45.2 Å². The molecule has 0 fully saturated rings. The Morgan fingerprint density at radius 1 is 1.17 bits per heavy atom. The number of aldehydes is 1. The summed E-state index contributed by atoms with van der Waals surface area (Å²) in [7, 11) is 3.59. The summed E-state index contributed by atoms with van der Waals surface area (Å²) >= 11 is 0. The van der Waals surface area contributed by atoms with E-state index in [0.717, 1.165) is 23.0 Å². The zero-order chi connectivity index (χ0) is 22.9. The number of carbonyl (C=O) groups excluding carboxylic acids is 1. The Morgan fingerprint density at radius 2 is 1.77 bits per heavy atom. The lowest BCUT2D eigenvalue weighted by atomic mass is 10.2. The molecule has 0 unspecified atom stereocenters. The summed E-state index contributed by atoms with van der Waals surface area (Å²) in [6, 6.07) is 10.9. The molecule has 1 aromatic carbocycles. The molecule has 7 heteroatoms. The van der Waals surface area contributed by atoms with Crippen molar-refractivity contribution in [3.05, 3.63) is 58.8 Å². The molecule has 0 spiro atoms. The normalized spacial score (nSPS) is 9.43. The van der Waals surface area contributed by atoms with E-state index in [4.69, 9.17) is 4.79 Å². The van der Waals surface area contributed by atoms with Crippen LogP contribution in [0.1, 0.15) is 39.9 Å². The molecule has 3 aromatic rings. The molecule has 30 heavy (non-hydrogen) atoms. The van der Waals surface area contributed by atoms with Crippen LogP contribution in [0.15, 0.2) is 52.4 Å². The summed E-state index contributed by atoms with van der Waals surface area (Å²) in [5.41, 5.74) is 2.24. The van der Waals surface area contributed by atoms with Gasteiger partial charge in [-0.15, -0.1) is 0 Å². The largest absolute Gasteiger partial charge is 0.388 e. The molecule has 0 atom stereocenters. The number of aliphatic imine (C=N–C) groups is 1. The number of nitrogens with one attached hydrogen (secondary N) is 1. The molecule has 0 aliphatic rings. The summed E-state index contributed by atoms with van der Waals surface area (Å²) in [6.45, 7) is 9.39. The van der Waals surface area contributed by atoms with Gasteiger partial charge >= 0.3 is 0 Å². The second-order valence-electron chi connectivity index (χ2n) is 5.96. The van der Waals surface area contributed by atoms with Crippen molar-refractivity contribution in [1.29, 1.82) is 0 Å². The van der Waals surface area contributed by atoms with Crippen molar-refractivity contribution in [3.8, 4) is 5.69 Å². The van der Waals surface area contributed by atoms with E-state index in [1.54, 1.807) is 30.1 Å².